The second kappa shape index (κ2) is 3.99. The zero-order chi connectivity index (χ0) is 11.8. The Morgan fingerprint density at radius 3 is 2.65 bits per heavy atom. The highest BCUT2D eigenvalue weighted by molar-refractivity contribution is 5.92. The third kappa shape index (κ3) is 1.97. The summed E-state index contributed by atoms with van der Waals surface area (Å²) in [5.41, 5.74) is 0.992. The molecule has 3 nitrogen and oxygen atoms in total. The fraction of sp³-hybridized carbons (Fsp3) is 0.429. The minimum absolute atomic E-state index is 0.817. The quantitative estimate of drug-likeness (QED) is 0.876. The average molecular weight is 227 g/mol. The van der Waals surface area contributed by atoms with E-state index in [0.717, 1.165) is 29.9 Å². The molecular formula is C14H17N3. The summed E-state index contributed by atoms with van der Waals surface area (Å²) in [6.07, 6.45) is 1.34. The summed E-state index contributed by atoms with van der Waals surface area (Å²) in [6, 6.07) is 8.30. The summed E-state index contributed by atoms with van der Waals surface area (Å²) in [7, 11) is 0. The maximum atomic E-state index is 4.27. The van der Waals surface area contributed by atoms with Gasteiger partial charge in [0.2, 0.25) is 0 Å². The van der Waals surface area contributed by atoms with E-state index in [4.69, 9.17) is 0 Å². The van der Waals surface area contributed by atoms with E-state index in [2.05, 4.69) is 34.6 Å². The lowest BCUT2D eigenvalue weighted by atomic mass is 10.1. The fourth-order valence-corrected chi connectivity index (χ4v) is 2.28. The van der Waals surface area contributed by atoms with Gasteiger partial charge in [0.15, 0.2) is 5.82 Å². The minimum atomic E-state index is 0.817. The van der Waals surface area contributed by atoms with Gasteiger partial charge in [-0.05, 0) is 25.2 Å². The Kier molecular flexibility index (Phi) is 2.46. The number of hydrogen-bond donors (Lipinski definition) is 1. The number of anilines is 1. The van der Waals surface area contributed by atoms with Crippen LogP contribution in [-0.2, 0) is 0 Å². The first-order valence-electron chi connectivity index (χ1n) is 6.21. The first-order valence-corrected chi connectivity index (χ1v) is 6.21. The highest BCUT2D eigenvalue weighted by Gasteiger charge is 2.32. The van der Waals surface area contributed by atoms with E-state index in [1.807, 2.05) is 19.1 Å². The van der Waals surface area contributed by atoms with Crippen molar-refractivity contribution >= 4 is 16.6 Å². The maximum absolute atomic E-state index is 4.27. The van der Waals surface area contributed by atoms with Crippen LogP contribution in [0.5, 0.6) is 0 Å². The number of benzene rings is 1. The van der Waals surface area contributed by atoms with E-state index < -0.39 is 0 Å². The number of fused-ring (bicyclic) bond motifs is 1. The largest absolute Gasteiger partial charge is 0.368 e. The van der Waals surface area contributed by atoms with Crippen molar-refractivity contribution < 1.29 is 0 Å². The molecule has 2 unspecified atom stereocenters. The van der Waals surface area contributed by atoms with Gasteiger partial charge in [-0.2, -0.15) is 5.10 Å². The molecule has 2 aromatic rings. The number of nitrogens with one attached hydrogen (secondary N) is 1. The molecule has 0 bridgehead atoms. The van der Waals surface area contributed by atoms with Crippen molar-refractivity contribution in [1.82, 2.24) is 10.2 Å². The Morgan fingerprint density at radius 1 is 1.24 bits per heavy atom. The highest BCUT2D eigenvalue weighted by atomic mass is 15.2. The number of aromatic nitrogens is 2. The van der Waals surface area contributed by atoms with E-state index in [1.165, 1.54) is 17.2 Å². The van der Waals surface area contributed by atoms with Crippen LogP contribution < -0.4 is 5.32 Å². The molecule has 88 valence electrons. The molecule has 1 aromatic carbocycles. The lowest BCUT2D eigenvalue weighted by molar-refractivity contribution is 0.782. The SMILES string of the molecule is Cc1nnc(NCC2CC2C)c2ccccc12. The molecule has 1 N–H and O–H groups in total. The first-order chi connectivity index (χ1) is 8.25. The van der Waals surface area contributed by atoms with Crippen molar-refractivity contribution in [2.75, 3.05) is 11.9 Å². The van der Waals surface area contributed by atoms with Crippen molar-refractivity contribution in [1.29, 1.82) is 0 Å². The Balaban J connectivity index is 1.90. The van der Waals surface area contributed by atoms with Gasteiger partial charge >= 0.3 is 0 Å². The van der Waals surface area contributed by atoms with Gasteiger partial charge in [0.05, 0.1) is 5.69 Å². The number of hydrogen-bond acceptors (Lipinski definition) is 3. The van der Waals surface area contributed by atoms with Gasteiger partial charge in [0.1, 0.15) is 0 Å². The molecule has 3 rings (SSSR count). The molecule has 1 saturated carbocycles. The van der Waals surface area contributed by atoms with E-state index in [9.17, 15) is 0 Å². The van der Waals surface area contributed by atoms with Crippen LogP contribution in [0.3, 0.4) is 0 Å². The Morgan fingerprint density at radius 2 is 1.94 bits per heavy atom. The molecule has 0 aliphatic heterocycles. The van der Waals surface area contributed by atoms with E-state index in [0.29, 0.717) is 0 Å². The van der Waals surface area contributed by atoms with Crippen molar-refractivity contribution in [3.63, 3.8) is 0 Å². The molecule has 0 spiro atoms. The Bertz CT molecular complexity index is 550. The van der Waals surface area contributed by atoms with Gasteiger partial charge in [-0.25, -0.2) is 0 Å². The molecule has 2 atom stereocenters. The summed E-state index contributed by atoms with van der Waals surface area (Å²) < 4.78 is 0. The smallest absolute Gasteiger partial charge is 0.156 e. The molecule has 17 heavy (non-hydrogen) atoms. The predicted octanol–water partition coefficient (Wildman–Crippen LogP) is 3.01. The minimum Gasteiger partial charge on any atom is -0.368 e. The van der Waals surface area contributed by atoms with Crippen LogP contribution in [0.4, 0.5) is 5.82 Å². The molecule has 1 aliphatic rings. The van der Waals surface area contributed by atoms with Gasteiger partial charge in [-0.15, -0.1) is 5.10 Å². The molecule has 0 amide bonds. The third-order valence-electron chi connectivity index (χ3n) is 3.68. The molecule has 1 aliphatic carbocycles. The van der Waals surface area contributed by atoms with E-state index in [-0.39, 0.29) is 0 Å². The van der Waals surface area contributed by atoms with Crippen LogP contribution in [0.15, 0.2) is 24.3 Å². The molecule has 0 saturated heterocycles. The zero-order valence-corrected chi connectivity index (χ0v) is 10.3. The summed E-state index contributed by atoms with van der Waals surface area (Å²) in [6.45, 7) is 5.32. The molecular weight excluding hydrogens is 210 g/mol. The Labute approximate surface area is 101 Å². The second-order valence-electron chi connectivity index (χ2n) is 5.03. The van der Waals surface area contributed by atoms with Gasteiger partial charge < -0.3 is 5.32 Å². The van der Waals surface area contributed by atoms with E-state index >= 15 is 0 Å². The van der Waals surface area contributed by atoms with Gasteiger partial charge in [-0.3, -0.25) is 0 Å². The number of nitrogens with zero attached hydrogens (tertiary/aromatic N) is 2. The highest BCUT2D eigenvalue weighted by Crippen LogP contribution is 2.37. The zero-order valence-electron chi connectivity index (χ0n) is 10.3. The third-order valence-corrected chi connectivity index (χ3v) is 3.68. The lowest BCUT2D eigenvalue weighted by Crippen LogP contribution is -2.07. The molecule has 1 aromatic heterocycles. The van der Waals surface area contributed by atoms with Crippen LogP contribution >= 0.6 is 0 Å². The van der Waals surface area contributed by atoms with E-state index in [1.54, 1.807) is 0 Å². The normalized spacial score (nSPS) is 22.7. The maximum Gasteiger partial charge on any atom is 0.156 e. The molecule has 1 heterocycles. The summed E-state index contributed by atoms with van der Waals surface area (Å²) in [5, 5.41) is 14.3. The van der Waals surface area contributed by atoms with Gasteiger partial charge in [0, 0.05) is 17.3 Å². The number of aryl methyl sites for hydroxylation is 1. The van der Waals surface area contributed by atoms with Crippen molar-refractivity contribution in [3.05, 3.63) is 30.0 Å². The first kappa shape index (κ1) is 10.5. The number of rotatable bonds is 3. The fourth-order valence-electron chi connectivity index (χ4n) is 2.28. The van der Waals surface area contributed by atoms with Crippen LogP contribution in [0.2, 0.25) is 0 Å². The summed E-state index contributed by atoms with van der Waals surface area (Å²) >= 11 is 0. The Hall–Kier alpha value is -1.64. The van der Waals surface area contributed by atoms with Crippen molar-refractivity contribution in [2.24, 2.45) is 11.8 Å². The molecule has 0 radical (unpaired) electrons. The summed E-state index contributed by atoms with van der Waals surface area (Å²) in [5.74, 6) is 2.61. The standard InChI is InChI=1S/C14H17N3/c1-9-7-11(9)8-15-14-13-6-4-3-5-12(13)10(2)16-17-14/h3-6,9,11H,7-8H2,1-2H3,(H,15,17). The van der Waals surface area contributed by atoms with Gasteiger partial charge in [0.25, 0.3) is 0 Å². The monoisotopic (exact) mass is 227 g/mol. The predicted molar refractivity (Wildman–Crippen MR) is 70.0 cm³/mol. The van der Waals surface area contributed by atoms with Crippen LogP contribution in [-0.4, -0.2) is 16.7 Å². The van der Waals surface area contributed by atoms with Crippen LogP contribution in [0.1, 0.15) is 19.0 Å². The summed E-state index contributed by atoms with van der Waals surface area (Å²) in [4.78, 5) is 0. The lowest BCUT2D eigenvalue weighted by Gasteiger charge is -2.08. The topological polar surface area (TPSA) is 37.8 Å². The van der Waals surface area contributed by atoms with Crippen LogP contribution in [0, 0.1) is 18.8 Å². The van der Waals surface area contributed by atoms with Crippen molar-refractivity contribution in [3.8, 4) is 0 Å². The second-order valence-corrected chi connectivity index (χ2v) is 5.03. The average Bonchev–Trinajstić information content (AvgIpc) is 3.05. The van der Waals surface area contributed by atoms with Gasteiger partial charge in [-0.1, -0.05) is 31.2 Å². The van der Waals surface area contributed by atoms with Crippen LogP contribution in [0.25, 0.3) is 10.8 Å². The molecule has 3 heteroatoms. The van der Waals surface area contributed by atoms with Crippen molar-refractivity contribution in [2.45, 2.75) is 20.3 Å². The molecule has 1 fully saturated rings.